The number of rotatable bonds is 2. The molecule has 0 amide bonds. The summed E-state index contributed by atoms with van der Waals surface area (Å²) < 4.78 is 5.96. The van der Waals surface area contributed by atoms with E-state index in [1.54, 1.807) is 14.9 Å². The van der Waals surface area contributed by atoms with Gasteiger partial charge in [-0.25, -0.2) is 0 Å². The summed E-state index contributed by atoms with van der Waals surface area (Å²) in [5.41, 5.74) is 0. The van der Waals surface area contributed by atoms with Crippen LogP contribution in [0.15, 0.2) is 58.3 Å². The summed E-state index contributed by atoms with van der Waals surface area (Å²) in [4.78, 5) is 2.16. The van der Waals surface area contributed by atoms with Crippen molar-refractivity contribution in [3.63, 3.8) is 0 Å². The van der Waals surface area contributed by atoms with Crippen molar-refractivity contribution < 1.29 is 8.12 Å². The molecule has 3 rings (SSSR count). The van der Waals surface area contributed by atoms with Gasteiger partial charge < -0.3 is 0 Å². The molecule has 2 nitrogen and oxygen atoms in total. The molecule has 0 radical (unpaired) electrons. The van der Waals surface area contributed by atoms with Gasteiger partial charge in [0.25, 0.3) is 0 Å². The van der Waals surface area contributed by atoms with Crippen LogP contribution in [0.3, 0.4) is 0 Å². The molecule has 0 bridgehead atoms. The predicted molar refractivity (Wildman–Crippen MR) is 72.6 cm³/mol. The average Bonchev–Trinajstić information content (AvgIpc) is 2.74. The molecular weight excluding hydrogens is 362 g/mol. The van der Waals surface area contributed by atoms with E-state index in [4.69, 9.17) is 3.02 Å². The van der Waals surface area contributed by atoms with Crippen LogP contribution in [0.2, 0.25) is 0 Å². The molecule has 1 aliphatic heterocycles. The summed E-state index contributed by atoms with van der Waals surface area (Å²) in [6.07, 6.45) is 0. The van der Waals surface area contributed by atoms with Gasteiger partial charge in [0, 0.05) is 0 Å². The first-order chi connectivity index (χ1) is 8.33. The fourth-order valence-corrected chi connectivity index (χ4v) is 15.0. The number of aromatic hydroxyl groups is 1. The monoisotopic (exact) mass is 370 g/mol. The van der Waals surface area contributed by atoms with Crippen LogP contribution in [-0.4, -0.2) is 22.9 Å². The van der Waals surface area contributed by atoms with E-state index in [0.29, 0.717) is 5.75 Å². The number of para-hydroxylation sites is 2. The van der Waals surface area contributed by atoms with Crippen molar-refractivity contribution >= 4 is 35.5 Å². The van der Waals surface area contributed by atoms with Crippen molar-refractivity contribution in [3.8, 4) is 11.5 Å². The molecule has 0 spiro atoms. The maximum atomic E-state index is 9.73. The summed E-state index contributed by atoms with van der Waals surface area (Å²) in [5.74, 6) is 1.35. The summed E-state index contributed by atoms with van der Waals surface area (Å²) in [5, 5.41) is 9.73. The summed E-state index contributed by atoms with van der Waals surface area (Å²) >= 11 is -1.91. The van der Waals surface area contributed by atoms with E-state index in [9.17, 15) is 5.11 Å². The van der Waals surface area contributed by atoms with Gasteiger partial charge in [-0.05, 0) is 0 Å². The van der Waals surface area contributed by atoms with Gasteiger partial charge in [0.2, 0.25) is 0 Å². The Labute approximate surface area is 113 Å². The van der Waals surface area contributed by atoms with Gasteiger partial charge in [-0.1, -0.05) is 0 Å². The SMILES string of the molecule is Oc1ccccc1[S][Sb]1[O]c2ccccc2[S]1. The summed E-state index contributed by atoms with van der Waals surface area (Å²) in [7, 11) is 3.56. The molecule has 0 aliphatic carbocycles. The van der Waals surface area contributed by atoms with E-state index in [0.717, 1.165) is 10.6 Å². The van der Waals surface area contributed by atoms with E-state index in [2.05, 4.69) is 6.07 Å². The number of phenolic OH excluding ortho intramolecular Hbond substituents is 1. The zero-order valence-corrected chi connectivity index (χ0v) is 12.9. The van der Waals surface area contributed by atoms with Crippen molar-refractivity contribution in [2.45, 2.75) is 9.79 Å². The second kappa shape index (κ2) is 5.05. The first kappa shape index (κ1) is 11.6. The maximum absolute atomic E-state index is 9.73. The number of hydrogen-bond donors (Lipinski definition) is 1. The topological polar surface area (TPSA) is 29.5 Å². The molecule has 0 atom stereocenters. The third kappa shape index (κ3) is 2.54. The number of hydrogen-bond acceptors (Lipinski definition) is 4. The average molecular weight is 371 g/mol. The molecule has 0 fully saturated rings. The Hall–Kier alpha value is -0.442. The Kier molecular flexibility index (Phi) is 3.46. The quantitative estimate of drug-likeness (QED) is 0.817. The van der Waals surface area contributed by atoms with Crippen molar-refractivity contribution in [2.24, 2.45) is 0 Å². The normalized spacial score (nSPS) is 14.4. The van der Waals surface area contributed by atoms with Crippen molar-refractivity contribution in [1.82, 2.24) is 0 Å². The molecule has 0 saturated carbocycles. The van der Waals surface area contributed by atoms with Crippen molar-refractivity contribution in [3.05, 3.63) is 48.5 Å². The molecule has 86 valence electrons. The summed E-state index contributed by atoms with van der Waals surface area (Å²) in [6, 6.07) is 15.6. The molecule has 1 aliphatic rings. The van der Waals surface area contributed by atoms with E-state index < -0.39 is 17.8 Å². The minimum atomic E-state index is -1.91. The second-order valence-corrected chi connectivity index (χ2v) is 15.6. The fraction of sp³-hybridized carbons (Fsp3) is 0. The summed E-state index contributed by atoms with van der Waals surface area (Å²) in [6.45, 7) is 0. The zero-order chi connectivity index (χ0) is 11.7. The molecular formula is C12H9O2S2Sb. The van der Waals surface area contributed by atoms with Gasteiger partial charge >= 0.3 is 113 Å². The van der Waals surface area contributed by atoms with Crippen LogP contribution < -0.4 is 3.02 Å². The fourth-order valence-electron chi connectivity index (χ4n) is 1.43. The van der Waals surface area contributed by atoms with Crippen molar-refractivity contribution in [1.29, 1.82) is 0 Å². The van der Waals surface area contributed by atoms with Gasteiger partial charge in [0.15, 0.2) is 0 Å². The number of fused-ring (bicyclic) bond motifs is 1. The first-order valence-corrected chi connectivity index (χ1v) is 13.9. The zero-order valence-electron chi connectivity index (χ0n) is 8.74. The van der Waals surface area contributed by atoms with Crippen molar-refractivity contribution in [2.75, 3.05) is 0 Å². The molecule has 1 heterocycles. The van der Waals surface area contributed by atoms with Crippen LogP contribution >= 0.6 is 17.7 Å². The van der Waals surface area contributed by atoms with Crippen LogP contribution in [-0.2, 0) is 0 Å². The standard InChI is InChI=1S/2C6H6OS.Sb/c2*7-5-3-1-2-4-6(5)8;/h2*1-4,7-8H;/q;;+3/p-3. The minimum absolute atomic E-state index is 0.349. The Balaban J connectivity index is 1.76. The van der Waals surface area contributed by atoms with Gasteiger partial charge in [0.05, 0.1) is 0 Å². The van der Waals surface area contributed by atoms with Crippen LogP contribution in [0.4, 0.5) is 0 Å². The first-order valence-electron chi connectivity index (χ1n) is 5.04. The third-order valence-electron chi connectivity index (χ3n) is 2.23. The van der Waals surface area contributed by atoms with Crippen LogP contribution in [0.5, 0.6) is 11.5 Å². The molecule has 1 N–H and O–H groups in total. The van der Waals surface area contributed by atoms with E-state index in [1.165, 1.54) is 4.90 Å². The second-order valence-electron chi connectivity index (χ2n) is 3.41. The molecule has 17 heavy (non-hydrogen) atoms. The predicted octanol–water partition coefficient (Wildman–Crippen LogP) is 3.65. The molecule has 2 aromatic carbocycles. The molecule has 2 aromatic rings. The Morgan fingerprint density at radius 2 is 1.82 bits per heavy atom. The van der Waals surface area contributed by atoms with Gasteiger partial charge in [-0.3, -0.25) is 0 Å². The Morgan fingerprint density at radius 1 is 1.06 bits per heavy atom. The van der Waals surface area contributed by atoms with E-state index >= 15 is 0 Å². The third-order valence-corrected chi connectivity index (χ3v) is 14.5. The number of benzene rings is 2. The molecule has 0 aromatic heterocycles. The molecule has 0 saturated heterocycles. The van der Waals surface area contributed by atoms with E-state index in [-0.39, 0.29) is 0 Å². The van der Waals surface area contributed by atoms with Crippen LogP contribution in [0, 0.1) is 0 Å². The molecule has 0 unspecified atom stereocenters. The Morgan fingerprint density at radius 3 is 2.65 bits per heavy atom. The van der Waals surface area contributed by atoms with Crippen LogP contribution in [0.25, 0.3) is 0 Å². The Bertz CT molecular complexity index is 523. The van der Waals surface area contributed by atoms with Gasteiger partial charge in [-0.15, -0.1) is 0 Å². The van der Waals surface area contributed by atoms with Crippen LogP contribution in [0.1, 0.15) is 0 Å². The van der Waals surface area contributed by atoms with Gasteiger partial charge in [-0.2, -0.15) is 0 Å². The van der Waals surface area contributed by atoms with Gasteiger partial charge in [0.1, 0.15) is 0 Å². The number of phenols is 1. The van der Waals surface area contributed by atoms with E-state index in [1.807, 2.05) is 45.2 Å². The molecule has 5 heteroatoms.